The van der Waals surface area contributed by atoms with Gasteiger partial charge in [-0.3, -0.25) is 9.59 Å². The van der Waals surface area contributed by atoms with Crippen LogP contribution in [0.3, 0.4) is 0 Å². The van der Waals surface area contributed by atoms with Gasteiger partial charge in [-0.05, 0) is 63.3 Å². The van der Waals surface area contributed by atoms with Crippen LogP contribution in [0.25, 0.3) is 0 Å². The Morgan fingerprint density at radius 2 is 2.00 bits per heavy atom. The standard InChI is InChI=1S/C18H26N2O3/c1-12-9-13(2)11-15(10-12)20-7-6-16(18(20)23)17(22)19-14(3)5-4-8-21/h9-11,14,16,21H,4-8H2,1-3H3,(H,19,22). The first-order valence-electron chi connectivity index (χ1n) is 8.23. The van der Waals surface area contributed by atoms with E-state index in [2.05, 4.69) is 11.4 Å². The summed E-state index contributed by atoms with van der Waals surface area (Å²) in [6, 6.07) is 6.00. The summed E-state index contributed by atoms with van der Waals surface area (Å²) >= 11 is 0. The van der Waals surface area contributed by atoms with Crippen molar-refractivity contribution in [3.8, 4) is 0 Å². The van der Waals surface area contributed by atoms with Gasteiger partial charge >= 0.3 is 0 Å². The molecule has 1 aliphatic heterocycles. The monoisotopic (exact) mass is 318 g/mol. The van der Waals surface area contributed by atoms with Crippen molar-refractivity contribution in [3.05, 3.63) is 29.3 Å². The van der Waals surface area contributed by atoms with E-state index in [9.17, 15) is 9.59 Å². The van der Waals surface area contributed by atoms with Crippen molar-refractivity contribution in [2.45, 2.75) is 46.1 Å². The lowest BCUT2D eigenvalue weighted by Crippen LogP contribution is -2.41. The van der Waals surface area contributed by atoms with E-state index >= 15 is 0 Å². The predicted octanol–water partition coefficient (Wildman–Crippen LogP) is 1.93. The van der Waals surface area contributed by atoms with E-state index in [1.54, 1.807) is 4.90 Å². The molecule has 1 saturated heterocycles. The van der Waals surface area contributed by atoms with Crippen LogP contribution in [0.2, 0.25) is 0 Å². The molecule has 2 atom stereocenters. The van der Waals surface area contributed by atoms with E-state index < -0.39 is 5.92 Å². The molecule has 0 aliphatic carbocycles. The van der Waals surface area contributed by atoms with Crippen molar-refractivity contribution in [2.24, 2.45) is 5.92 Å². The van der Waals surface area contributed by atoms with Crippen LogP contribution in [0, 0.1) is 19.8 Å². The van der Waals surface area contributed by atoms with Crippen molar-refractivity contribution in [3.63, 3.8) is 0 Å². The predicted molar refractivity (Wildman–Crippen MR) is 90.3 cm³/mol. The zero-order valence-corrected chi connectivity index (χ0v) is 14.1. The number of nitrogens with zero attached hydrogens (tertiary/aromatic N) is 1. The van der Waals surface area contributed by atoms with Crippen molar-refractivity contribution >= 4 is 17.5 Å². The van der Waals surface area contributed by atoms with E-state index in [0.29, 0.717) is 25.8 Å². The fourth-order valence-corrected chi connectivity index (χ4v) is 3.10. The normalized spacial score (nSPS) is 19.0. The molecule has 1 fully saturated rings. The zero-order valence-electron chi connectivity index (χ0n) is 14.1. The minimum absolute atomic E-state index is 0.0299. The van der Waals surface area contributed by atoms with Crippen LogP contribution >= 0.6 is 0 Å². The molecule has 1 aromatic rings. The van der Waals surface area contributed by atoms with Gasteiger partial charge in [-0.25, -0.2) is 0 Å². The van der Waals surface area contributed by atoms with Gasteiger partial charge in [0, 0.05) is 24.9 Å². The number of hydrogen-bond donors (Lipinski definition) is 2. The highest BCUT2D eigenvalue weighted by atomic mass is 16.3. The van der Waals surface area contributed by atoms with Crippen LogP contribution in [-0.4, -0.2) is 36.1 Å². The smallest absolute Gasteiger partial charge is 0.239 e. The average molecular weight is 318 g/mol. The number of carbonyl (C=O) groups excluding carboxylic acids is 2. The van der Waals surface area contributed by atoms with Crippen LogP contribution < -0.4 is 10.2 Å². The van der Waals surface area contributed by atoms with E-state index in [-0.39, 0.29) is 24.5 Å². The third-order valence-electron chi connectivity index (χ3n) is 4.22. The lowest BCUT2D eigenvalue weighted by atomic mass is 10.1. The Bertz CT molecular complexity index is 565. The largest absolute Gasteiger partial charge is 0.396 e. The Kier molecular flexibility index (Phi) is 5.77. The summed E-state index contributed by atoms with van der Waals surface area (Å²) in [7, 11) is 0. The van der Waals surface area contributed by atoms with Gasteiger partial charge in [0.25, 0.3) is 0 Å². The maximum absolute atomic E-state index is 12.6. The minimum Gasteiger partial charge on any atom is -0.396 e. The Morgan fingerprint density at radius 3 is 2.61 bits per heavy atom. The molecule has 2 unspecified atom stereocenters. The third-order valence-corrected chi connectivity index (χ3v) is 4.22. The second kappa shape index (κ2) is 7.59. The summed E-state index contributed by atoms with van der Waals surface area (Å²) in [5.74, 6) is -0.929. The number of amides is 2. The van der Waals surface area contributed by atoms with Gasteiger partial charge in [0.15, 0.2) is 0 Å². The molecule has 2 amide bonds. The highest BCUT2D eigenvalue weighted by Gasteiger charge is 2.37. The van der Waals surface area contributed by atoms with Crippen LogP contribution in [0.1, 0.15) is 37.3 Å². The van der Waals surface area contributed by atoms with E-state index in [4.69, 9.17) is 5.11 Å². The van der Waals surface area contributed by atoms with Gasteiger partial charge in [0.1, 0.15) is 5.92 Å². The van der Waals surface area contributed by atoms with Crippen LogP contribution in [-0.2, 0) is 9.59 Å². The Balaban J connectivity index is 2.02. The summed E-state index contributed by atoms with van der Waals surface area (Å²) in [4.78, 5) is 26.6. The third kappa shape index (κ3) is 4.32. The number of nitrogens with one attached hydrogen (secondary N) is 1. The number of aryl methyl sites for hydroxylation is 2. The number of benzene rings is 1. The number of carbonyl (C=O) groups is 2. The van der Waals surface area contributed by atoms with Crippen molar-refractivity contribution in [1.29, 1.82) is 0 Å². The van der Waals surface area contributed by atoms with E-state index in [1.165, 1.54) is 0 Å². The van der Waals surface area contributed by atoms with Gasteiger partial charge in [-0.1, -0.05) is 6.07 Å². The summed E-state index contributed by atoms with van der Waals surface area (Å²) in [5, 5.41) is 11.7. The van der Waals surface area contributed by atoms with E-state index in [0.717, 1.165) is 16.8 Å². The highest BCUT2D eigenvalue weighted by molar-refractivity contribution is 6.09. The first kappa shape index (κ1) is 17.5. The van der Waals surface area contributed by atoms with Crippen molar-refractivity contribution in [1.82, 2.24) is 5.32 Å². The second-order valence-electron chi connectivity index (χ2n) is 6.45. The van der Waals surface area contributed by atoms with Crippen molar-refractivity contribution < 1.29 is 14.7 Å². The Morgan fingerprint density at radius 1 is 1.35 bits per heavy atom. The molecule has 126 valence electrons. The van der Waals surface area contributed by atoms with Crippen LogP contribution in [0.15, 0.2) is 18.2 Å². The fraction of sp³-hybridized carbons (Fsp3) is 0.556. The maximum atomic E-state index is 12.6. The SMILES string of the molecule is Cc1cc(C)cc(N2CCC(C(=O)NC(C)CCCO)C2=O)c1. The first-order chi connectivity index (χ1) is 10.9. The van der Waals surface area contributed by atoms with Gasteiger partial charge in [-0.2, -0.15) is 0 Å². The van der Waals surface area contributed by atoms with Gasteiger partial charge in [0.2, 0.25) is 11.8 Å². The average Bonchev–Trinajstić information content (AvgIpc) is 2.86. The van der Waals surface area contributed by atoms with Gasteiger partial charge in [0.05, 0.1) is 0 Å². The molecule has 1 aliphatic rings. The summed E-state index contributed by atoms with van der Waals surface area (Å²) in [6.45, 7) is 6.59. The summed E-state index contributed by atoms with van der Waals surface area (Å²) in [6.07, 6.45) is 1.91. The Labute approximate surface area is 137 Å². The molecule has 0 aromatic heterocycles. The topological polar surface area (TPSA) is 69.6 Å². The molecule has 0 saturated carbocycles. The molecule has 0 spiro atoms. The molecule has 1 heterocycles. The lowest BCUT2D eigenvalue weighted by molar-refractivity contribution is -0.132. The molecule has 23 heavy (non-hydrogen) atoms. The molecule has 2 rings (SSSR count). The van der Waals surface area contributed by atoms with E-state index in [1.807, 2.05) is 32.9 Å². The van der Waals surface area contributed by atoms with Gasteiger partial charge < -0.3 is 15.3 Å². The number of aliphatic hydroxyl groups is 1. The zero-order chi connectivity index (χ0) is 17.0. The van der Waals surface area contributed by atoms with Crippen molar-refractivity contribution in [2.75, 3.05) is 18.1 Å². The molecule has 0 radical (unpaired) electrons. The summed E-state index contributed by atoms with van der Waals surface area (Å²) < 4.78 is 0. The minimum atomic E-state index is -0.604. The molecular weight excluding hydrogens is 292 g/mol. The molecule has 5 heteroatoms. The fourth-order valence-electron chi connectivity index (χ4n) is 3.10. The second-order valence-corrected chi connectivity index (χ2v) is 6.45. The van der Waals surface area contributed by atoms with Crippen LogP contribution in [0.4, 0.5) is 5.69 Å². The number of aliphatic hydroxyl groups excluding tert-OH is 1. The quantitative estimate of drug-likeness (QED) is 0.788. The molecular formula is C18H26N2O3. The summed E-state index contributed by atoms with van der Waals surface area (Å²) in [5.41, 5.74) is 3.09. The molecule has 2 N–H and O–H groups in total. The van der Waals surface area contributed by atoms with Gasteiger partial charge in [-0.15, -0.1) is 0 Å². The molecule has 0 bridgehead atoms. The first-order valence-corrected chi connectivity index (χ1v) is 8.23. The maximum Gasteiger partial charge on any atom is 0.239 e. The van der Waals surface area contributed by atoms with Crippen LogP contribution in [0.5, 0.6) is 0 Å². The Hall–Kier alpha value is -1.88. The molecule has 5 nitrogen and oxygen atoms in total. The number of anilines is 1. The molecule has 1 aromatic carbocycles. The highest BCUT2D eigenvalue weighted by Crippen LogP contribution is 2.27. The number of hydrogen-bond acceptors (Lipinski definition) is 3. The number of rotatable bonds is 6. The lowest BCUT2D eigenvalue weighted by Gasteiger charge is -2.19.